The Balaban J connectivity index is 2.04. The third kappa shape index (κ3) is 2.49. The third-order valence-electron chi connectivity index (χ3n) is 3.35. The largest absolute Gasteiger partial charge is 0.340 e. The predicted octanol–water partition coefficient (Wildman–Crippen LogP) is 0.851. The van der Waals surface area contributed by atoms with Crippen LogP contribution in [0.3, 0.4) is 0 Å². The molecule has 0 aliphatic carbocycles. The lowest BCUT2D eigenvalue weighted by atomic mass is 10.1. The Morgan fingerprint density at radius 2 is 2.29 bits per heavy atom. The highest BCUT2D eigenvalue weighted by Crippen LogP contribution is 2.13. The average Bonchev–Trinajstić information content (AvgIpc) is 2.89. The Labute approximate surface area is 102 Å². The molecule has 1 aliphatic heterocycles. The highest BCUT2D eigenvalue weighted by Gasteiger charge is 2.22. The highest BCUT2D eigenvalue weighted by atomic mass is 16.2. The van der Waals surface area contributed by atoms with E-state index in [9.17, 15) is 4.79 Å². The van der Waals surface area contributed by atoms with Crippen LogP contribution >= 0.6 is 0 Å². The van der Waals surface area contributed by atoms with Crippen LogP contribution in [0.2, 0.25) is 0 Å². The molecule has 0 aromatic carbocycles. The summed E-state index contributed by atoms with van der Waals surface area (Å²) in [5, 5.41) is 10.3. The average molecular weight is 236 g/mol. The van der Waals surface area contributed by atoms with Crippen molar-refractivity contribution in [2.24, 2.45) is 0 Å². The highest BCUT2D eigenvalue weighted by molar-refractivity contribution is 5.96. The number of likely N-dealkylation sites (N-methyl/N-ethyl adjacent to an activating group) is 1. The Morgan fingerprint density at radius 3 is 2.82 bits per heavy atom. The van der Waals surface area contributed by atoms with Crippen LogP contribution in [0.25, 0.3) is 0 Å². The van der Waals surface area contributed by atoms with E-state index in [1.54, 1.807) is 4.90 Å². The lowest BCUT2D eigenvalue weighted by Gasteiger charge is -2.21. The normalized spacial score (nSPS) is 19.6. The van der Waals surface area contributed by atoms with Crippen LogP contribution in [0.5, 0.6) is 0 Å². The van der Waals surface area contributed by atoms with E-state index in [0.717, 1.165) is 30.9 Å². The summed E-state index contributed by atoms with van der Waals surface area (Å²) in [7, 11) is 1.86. The molecular formula is C12H20N4O. The molecule has 5 heteroatoms. The molecule has 1 aromatic rings. The number of carbonyl (C=O) groups excluding carboxylic acids is 1. The van der Waals surface area contributed by atoms with Crippen molar-refractivity contribution in [3.8, 4) is 0 Å². The van der Waals surface area contributed by atoms with Gasteiger partial charge < -0.3 is 10.2 Å². The zero-order chi connectivity index (χ0) is 12.4. The Bertz CT molecular complexity index is 387. The molecule has 2 N–H and O–H groups in total. The number of aromatic nitrogens is 2. The Morgan fingerprint density at radius 1 is 1.53 bits per heavy atom. The molecule has 1 atom stereocenters. The van der Waals surface area contributed by atoms with Gasteiger partial charge in [-0.2, -0.15) is 5.10 Å². The van der Waals surface area contributed by atoms with Crippen LogP contribution < -0.4 is 5.32 Å². The Kier molecular flexibility index (Phi) is 3.47. The van der Waals surface area contributed by atoms with Gasteiger partial charge in [0.2, 0.25) is 0 Å². The number of amides is 1. The summed E-state index contributed by atoms with van der Waals surface area (Å²) in [6.45, 7) is 5.58. The number of hydrogen-bond acceptors (Lipinski definition) is 3. The molecule has 2 heterocycles. The molecule has 1 amide bonds. The molecule has 0 spiro atoms. The maximum absolute atomic E-state index is 12.3. The van der Waals surface area contributed by atoms with Crippen molar-refractivity contribution < 1.29 is 4.79 Å². The second-order valence-electron chi connectivity index (χ2n) is 4.79. The quantitative estimate of drug-likeness (QED) is 0.818. The molecule has 1 aliphatic rings. The number of aryl methyl sites for hydroxylation is 2. The first-order chi connectivity index (χ1) is 8.09. The molecular weight excluding hydrogens is 216 g/mol. The number of rotatable bonds is 3. The summed E-state index contributed by atoms with van der Waals surface area (Å²) < 4.78 is 0. The van der Waals surface area contributed by atoms with E-state index in [1.165, 1.54) is 6.42 Å². The van der Waals surface area contributed by atoms with Crippen LogP contribution in [0, 0.1) is 13.8 Å². The number of hydrogen-bond donors (Lipinski definition) is 2. The minimum atomic E-state index is 0.0578. The van der Waals surface area contributed by atoms with E-state index >= 15 is 0 Å². The van der Waals surface area contributed by atoms with Gasteiger partial charge >= 0.3 is 0 Å². The van der Waals surface area contributed by atoms with Crippen molar-refractivity contribution in [3.05, 3.63) is 17.0 Å². The van der Waals surface area contributed by atoms with Crippen molar-refractivity contribution in [1.29, 1.82) is 0 Å². The van der Waals surface area contributed by atoms with Crippen LogP contribution in [0.15, 0.2) is 0 Å². The fraction of sp³-hybridized carbons (Fsp3) is 0.667. The fourth-order valence-corrected chi connectivity index (χ4v) is 2.38. The van der Waals surface area contributed by atoms with Gasteiger partial charge in [0.25, 0.3) is 5.91 Å². The molecule has 17 heavy (non-hydrogen) atoms. The molecule has 5 nitrogen and oxygen atoms in total. The summed E-state index contributed by atoms with van der Waals surface area (Å²) in [4.78, 5) is 14.1. The predicted molar refractivity (Wildman–Crippen MR) is 66.0 cm³/mol. The first-order valence-electron chi connectivity index (χ1n) is 6.10. The van der Waals surface area contributed by atoms with E-state index in [1.807, 2.05) is 20.9 Å². The van der Waals surface area contributed by atoms with Crippen molar-refractivity contribution in [1.82, 2.24) is 20.4 Å². The molecule has 94 valence electrons. The summed E-state index contributed by atoms with van der Waals surface area (Å²) in [6.07, 6.45) is 2.36. The molecule has 1 unspecified atom stereocenters. The molecule has 0 saturated carbocycles. The molecule has 1 aromatic heterocycles. The van der Waals surface area contributed by atoms with Gasteiger partial charge in [-0.1, -0.05) is 0 Å². The van der Waals surface area contributed by atoms with Crippen LogP contribution in [0.1, 0.15) is 34.6 Å². The van der Waals surface area contributed by atoms with Crippen LogP contribution in [-0.4, -0.2) is 47.2 Å². The SMILES string of the molecule is Cc1n[nH]c(C)c1C(=O)N(C)CC1CCCN1. The summed E-state index contributed by atoms with van der Waals surface area (Å²) in [5.74, 6) is 0.0578. The number of nitrogens with one attached hydrogen (secondary N) is 2. The van der Waals surface area contributed by atoms with Crippen LogP contribution in [0.4, 0.5) is 0 Å². The van der Waals surface area contributed by atoms with Gasteiger partial charge in [0.1, 0.15) is 0 Å². The fourth-order valence-electron chi connectivity index (χ4n) is 2.38. The molecule has 1 saturated heterocycles. The van der Waals surface area contributed by atoms with Gasteiger partial charge in [0.05, 0.1) is 11.3 Å². The lowest BCUT2D eigenvalue weighted by molar-refractivity contribution is 0.0782. The van der Waals surface area contributed by atoms with Gasteiger partial charge in [-0.05, 0) is 33.2 Å². The number of H-pyrrole nitrogens is 1. The maximum atomic E-state index is 12.3. The molecule has 0 radical (unpaired) electrons. The molecule has 0 bridgehead atoms. The summed E-state index contributed by atoms with van der Waals surface area (Å²) in [5.41, 5.74) is 2.34. The summed E-state index contributed by atoms with van der Waals surface area (Å²) in [6, 6.07) is 0.441. The zero-order valence-electron chi connectivity index (χ0n) is 10.7. The maximum Gasteiger partial charge on any atom is 0.257 e. The number of carbonyl (C=O) groups is 1. The minimum absolute atomic E-state index is 0.0578. The molecule has 1 fully saturated rings. The third-order valence-corrected chi connectivity index (χ3v) is 3.35. The van der Waals surface area contributed by atoms with E-state index in [4.69, 9.17) is 0 Å². The second-order valence-corrected chi connectivity index (χ2v) is 4.79. The van der Waals surface area contributed by atoms with Gasteiger partial charge in [0, 0.05) is 25.3 Å². The van der Waals surface area contributed by atoms with Gasteiger partial charge in [-0.3, -0.25) is 9.89 Å². The summed E-state index contributed by atoms with van der Waals surface area (Å²) >= 11 is 0. The van der Waals surface area contributed by atoms with Gasteiger partial charge in [-0.25, -0.2) is 0 Å². The number of aromatic amines is 1. The first-order valence-corrected chi connectivity index (χ1v) is 6.10. The number of nitrogens with zero attached hydrogens (tertiary/aromatic N) is 2. The van der Waals surface area contributed by atoms with E-state index < -0.39 is 0 Å². The standard InChI is InChI=1S/C12H20N4O/c1-8-11(9(2)15-14-8)12(17)16(3)7-10-5-4-6-13-10/h10,13H,4-7H2,1-3H3,(H,14,15). The smallest absolute Gasteiger partial charge is 0.257 e. The molecule has 2 rings (SSSR count). The monoisotopic (exact) mass is 236 g/mol. The van der Waals surface area contributed by atoms with Crippen molar-refractivity contribution in [3.63, 3.8) is 0 Å². The Hall–Kier alpha value is -1.36. The topological polar surface area (TPSA) is 61.0 Å². The van der Waals surface area contributed by atoms with Crippen molar-refractivity contribution >= 4 is 5.91 Å². The van der Waals surface area contributed by atoms with E-state index in [-0.39, 0.29) is 5.91 Å². The van der Waals surface area contributed by atoms with Crippen molar-refractivity contribution in [2.45, 2.75) is 32.7 Å². The van der Waals surface area contributed by atoms with Gasteiger partial charge in [0.15, 0.2) is 0 Å². The van der Waals surface area contributed by atoms with Crippen molar-refractivity contribution in [2.75, 3.05) is 20.1 Å². The zero-order valence-corrected chi connectivity index (χ0v) is 10.7. The van der Waals surface area contributed by atoms with Crippen LogP contribution in [-0.2, 0) is 0 Å². The van der Waals surface area contributed by atoms with E-state index in [2.05, 4.69) is 15.5 Å². The second kappa shape index (κ2) is 4.87. The lowest BCUT2D eigenvalue weighted by Crippen LogP contribution is -2.38. The minimum Gasteiger partial charge on any atom is -0.340 e. The van der Waals surface area contributed by atoms with E-state index in [0.29, 0.717) is 11.6 Å². The first kappa shape index (κ1) is 12.1. The van der Waals surface area contributed by atoms with Gasteiger partial charge in [-0.15, -0.1) is 0 Å².